The van der Waals surface area contributed by atoms with E-state index in [0.717, 1.165) is 31.5 Å². The molecule has 1 aromatic carbocycles. The minimum Gasteiger partial charge on any atom is -0.497 e. The fraction of sp³-hybridized carbons (Fsp3) is 0.517. The molecule has 1 aromatic heterocycles. The van der Waals surface area contributed by atoms with Crippen molar-refractivity contribution in [3.63, 3.8) is 0 Å². The first-order valence-electron chi connectivity index (χ1n) is 14.4. The van der Waals surface area contributed by atoms with Gasteiger partial charge in [0.25, 0.3) is 5.91 Å². The van der Waals surface area contributed by atoms with Gasteiger partial charge in [-0.15, -0.1) is 0 Å². The number of pyridine rings is 1. The van der Waals surface area contributed by atoms with Crippen molar-refractivity contribution >= 4 is 29.4 Å². The van der Waals surface area contributed by atoms with Gasteiger partial charge in [-0.1, -0.05) is 0 Å². The summed E-state index contributed by atoms with van der Waals surface area (Å²) in [4.78, 5) is 43.2. The second kappa shape index (κ2) is 14.0. The number of likely N-dealkylation sites (N-methyl/N-ethyl adjacent to an activating group) is 1. The Labute approximate surface area is 259 Å². The highest BCUT2D eigenvalue weighted by molar-refractivity contribution is 6.03. The van der Waals surface area contributed by atoms with E-state index >= 15 is 8.78 Å². The van der Waals surface area contributed by atoms with E-state index in [1.165, 1.54) is 14.0 Å². The second-order valence-corrected chi connectivity index (χ2v) is 11.1. The molecule has 4 rings (SSSR count). The lowest BCUT2D eigenvalue weighted by Crippen LogP contribution is -2.51. The molecule has 1 saturated carbocycles. The van der Waals surface area contributed by atoms with E-state index in [-0.39, 0.29) is 31.4 Å². The largest absolute Gasteiger partial charge is 0.497 e. The smallest absolute Gasteiger partial charge is 0.421 e. The van der Waals surface area contributed by atoms with Gasteiger partial charge in [0.2, 0.25) is 12.3 Å². The number of rotatable bonds is 9. The van der Waals surface area contributed by atoms with E-state index in [1.54, 1.807) is 0 Å². The Morgan fingerprint density at radius 2 is 1.70 bits per heavy atom. The maximum Gasteiger partial charge on any atom is 0.421 e. The lowest BCUT2D eigenvalue weighted by Gasteiger charge is -2.29. The number of amides is 4. The molecule has 1 aliphatic carbocycles. The molecule has 2 heterocycles. The summed E-state index contributed by atoms with van der Waals surface area (Å²) in [6.07, 6.45) is -5.97. The number of aromatic nitrogens is 1. The molecule has 0 bridgehead atoms. The van der Waals surface area contributed by atoms with Gasteiger partial charge in [-0.2, -0.15) is 13.2 Å². The average Bonchev–Trinajstić information content (AvgIpc) is 3.30. The molecule has 2 unspecified atom stereocenters. The molecule has 252 valence electrons. The highest BCUT2D eigenvalue weighted by Crippen LogP contribution is 2.44. The Bertz CT molecular complexity index is 1430. The molecule has 4 amide bonds. The van der Waals surface area contributed by atoms with Crippen molar-refractivity contribution in [2.24, 2.45) is 5.92 Å². The standard InChI is InChI=1S/C29H33F7N6O4/c1-13(26(43)37-2)39-20-8-9-38-25(22(20)29(34,35)36)42-12-17(21-18(30)10-16(46-3)11-19(21)31)23(27(42)44)41-28(45)40-15-6-4-14(5-7-15)24(32)33/h8-11,13-15,17,23-24H,4-7,12H2,1-3H3,(H,37,43)(H,38,39)(H2,40,41,45)/t13?,14-,15-,17-,23?/m0/s1. The summed E-state index contributed by atoms with van der Waals surface area (Å²) in [5, 5.41) is 9.65. The number of hydrogen-bond donors (Lipinski definition) is 4. The van der Waals surface area contributed by atoms with Gasteiger partial charge in [-0.3, -0.25) is 14.5 Å². The fourth-order valence-electron chi connectivity index (χ4n) is 5.83. The van der Waals surface area contributed by atoms with Gasteiger partial charge in [-0.25, -0.2) is 27.3 Å². The summed E-state index contributed by atoms with van der Waals surface area (Å²) in [6, 6.07) is -1.81. The number of halogens is 7. The average molecular weight is 663 g/mol. The van der Waals surface area contributed by atoms with Crippen molar-refractivity contribution in [3.8, 4) is 5.75 Å². The van der Waals surface area contributed by atoms with E-state index in [4.69, 9.17) is 4.74 Å². The van der Waals surface area contributed by atoms with Crippen molar-refractivity contribution in [2.75, 3.05) is 30.9 Å². The van der Waals surface area contributed by atoms with Crippen LogP contribution in [0.4, 0.5) is 47.0 Å². The van der Waals surface area contributed by atoms with E-state index in [9.17, 15) is 36.3 Å². The third kappa shape index (κ3) is 7.39. The molecular weight excluding hydrogens is 629 g/mol. The molecule has 1 aliphatic heterocycles. The zero-order valence-electron chi connectivity index (χ0n) is 25.0. The summed E-state index contributed by atoms with van der Waals surface area (Å²) >= 11 is 0. The van der Waals surface area contributed by atoms with Gasteiger partial charge in [0, 0.05) is 55.4 Å². The monoisotopic (exact) mass is 662 g/mol. The molecular formula is C29H33F7N6O4. The Morgan fingerprint density at radius 3 is 2.24 bits per heavy atom. The molecule has 0 spiro atoms. The lowest BCUT2D eigenvalue weighted by molar-refractivity contribution is -0.137. The van der Waals surface area contributed by atoms with E-state index < -0.39 is 101 Å². The SMILES string of the molecule is CNC(=O)C(C)Nc1ccnc(N2C[C@@H](c3c(F)cc(OC)cc3F)C(NC(=O)N[C@H]3CC[C@H](C(F)F)CC3)C2=O)c1C(F)(F)F. The maximum atomic E-state index is 15.3. The molecule has 0 radical (unpaired) electrons. The number of anilines is 2. The van der Waals surface area contributed by atoms with Gasteiger partial charge in [0.1, 0.15) is 40.8 Å². The third-order valence-electron chi connectivity index (χ3n) is 8.20. The van der Waals surface area contributed by atoms with Crippen LogP contribution in [0, 0.1) is 17.6 Å². The predicted octanol–water partition coefficient (Wildman–Crippen LogP) is 4.56. The third-order valence-corrected chi connectivity index (χ3v) is 8.20. The minimum atomic E-state index is -5.12. The lowest BCUT2D eigenvalue weighted by atomic mass is 9.86. The van der Waals surface area contributed by atoms with Crippen LogP contribution in [0.25, 0.3) is 0 Å². The van der Waals surface area contributed by atoms with Crippen LogP contribution in [0.5, 0.6) is 5.75 Å². The second-order valence-electron chi connectivity index (χ2n) is 11.1. The fourth-order valence-corrected chi connectivity index (χ4v) is 5.83. The van der Waals surface area contributed by atoms with E-state index in [0.29, 0.717) is 4.90 Å². The number of ether oxygens (including phenoxy) is 1. The predicted molar refractivity (Wildman–Crippen MR) is 152 cm³/mol. The number of hydrogen-bond acceptors (Lipinski definition) is 6. The molecule has 2 fully saturated rings. The number of nitrogens with zero attached hydrogens (tertiary/aromatic N) is 2. The Balaban J connectivity index is 1.71. The summed E-state index contributed by atoms with van der Waals surface area (Å²) in [7, 11) is 2.45. The number of carbonyl (C=O) groups excluding carboxylic acids is 3. The first-order chi connectivity index (χ1) is 21.7. The van der Waals surface area contributed by atoms with Crippen LogP contribution in [0.3, 0.4) is 0 Å². The molecule has 3 atom stereocenters. The van der Waals surface area contributed by atoms with Crippen LogP contribution in [0.1, 0.15) is 49.7 Å². The molecule has 1 saturated heterocycles. The summed E-state index contributed by atoms with van der Waals surface area (Å²) in [6.45, 7) is 0.581. The maximum absolute atomic E-state index is 15.3. The number of carbonyl (C=O) groups is 3. The molecule has 2 aromatic rings. The normalized spacial score (nSPS) is 22.4. The zero-order valence-corrected chi connectivity index (χ0v) is 25.0. The van der Waals surface area contributed by atoms with Crippen molar-refractivity contribution in [1.82, 2.24) is 20.9 Å². The van der Waals surface area contributed by atoms with Crippen LogP contribution >= 0.6 is 0 Å². The first-order valence-corrected chi connectivity index (χ1v) is 14.4. The number of urea groups is 1. The summed E-state index contributed by atoms with van der Waals surface area (Å²) in [5.74, 6) is -7.61. The van der Waals surface area contributed by atoms with Crippen molar-refractivity contribution in [1.29, 1.82) is 0 Å². The first kappa shape index (κ1) is 34.6. The quantitative estimate of drug-likeness (QED) is 0.292. The van der Waals surface area contributed by atoms with Crippen LogP contribution < -0.4 is 30.9 Å². The van der Waals surface area contributed by atoms with E-state index in [1.807, 2.05) is 0 Å². The molecule has 46 heavy (non-hydrogen) atoms. The van der Waals surface area contributed by atoms with Gasteiger partial charge >= 0.3 is 12.2 Å². The van der Waals surface area contributed by atoms with Crippen LogP contribution in [-0.4, -0.2) is 68.1 Å². The molecule has 17 heteroatoms. The highest BCUT2D eigenvalue weighted by atomic mass is 19.4. The number of methoxy groups -OCH3 is 1. The van der Waals surface area contributed by atoms with Crippen molar-refractivity contribution in [3.05, 3.63) is 47.2 Å². The molecule has 10 nitrogen and oxygen atoms in total. The zero-order chi connectivity index (χ0) is 33.9. The Morgan fingerprint density at radius 1 is 1.07 bits per heavy atom. The molecule has 4 N–H and O–H groups in total. The van der Waals surface area contributed by atoms with Gasteiger partial charge in [-0.05, 0) is 38.7 Å². The van der Waals surface area contributed by atoms with Crippen LogP contribution in [0.2, 0.25) is 0 Å². The van der Waals surface area contributed by atoms with Crippen molar-refractivity contribution in [2.45, 2.75) is 69.3 Å². The number of benzene rings is 1. The molecule has 2 aliphatic rings. The topological polar surface area (TPSA) is 125 Å². The number of nitrogens with one attached hydrogen (secondary N) is 4. The van der Waals surface area contributed by atoms with Crippen LogP contribution in [-0.2, 0) is 15.8 Å². The highest BCUT2D eigenvalue weighted by Gasteiger charge is 2.49. The van der Waals surface area contributed by atoms with E-state index in [2.05, 4.69) is 26.3 Å². The van der Waals surface area contributed by atoms with Gasteiger partial charge in [0.15, 0.2) is 0 Å². The minimum absolute atomic E-state index is 0.137. The van der Waals surface area contributed by atoms with Crippen LogP contribution in [0.15, 0.2) is 24.4 Å². The number of alkyl halides is 5. The van der Waals surface area contributed by atoms with Crippen molar-refractivity contribution < 1.29 is 49.9 Å². The summed E-state index contributed by atoms with van der Waals surface area (Å²) < 4.78 is 105. The summed E-state index contributed by atoms with van der Waals surface area (Å²) in [5.41, 5.74) is -2.70. The van der Waals surface area contributed by atoms with Gasteiger partial charge in [0.05, 0.1) is 12.8 Å². The Hall–Kier alpha value is -4.31. The van der Waals surface area contributed by atoms with Gasteiger partial charge < -0.3 is 26.0 Å². The Kier molecular flexibility index (Phi) is 10.5.